The quantitative estimate of drug-likeness (QED) is 0.658. The predicted molar refractivity (Wildman–Crippen MR) is 94.9 cm³/mol. The molecule has 122 valence electrons. The number of rotatable bonds is 10. The van der Waals surface area contributed by atoms with Crippen LogP contribution < -0.4 is 10.6 Å². The van der Waals surface area contributed by atoms with Gasteiger partial charge in [0.2, 0.25) is 5.91 Å². The van der Waals surface area contributed by atoms with Crippen LogP contribution in [-0.2, 0) is 17.9 Å². The van der Waals surface area contributed by atoms with Crippen molar-refractivity contribution in [1.29, 1.82) is 0 Å². The van der Waals surface area contributed by atoms with Crippen LogP contribution in [0, 0.1) is 0 Å². The number of hydrogen-bond donors (Lipinski definition) is 2. The lowest BCUT2D eigenvalue weighted by atomic mass is 10.1. The van der Waals surface area contributed by atoms with Gasteiger partial charge in [-0.1, -0.05) is 67.1 Å². The molecule has 0 radical (unpaired) electrons. The van der Waals surface area contributed by atoms with Crippen LogP contribution in [0.1, 0.15) is 36.8 Å². The van der Waals surface area contributed by atoms with Gasteiger partial charge in [-0.05, 0) is 30.5 Å². The van der Waals surface area contributed by atoms with E-state index in [1.54, 1.807) is 0 Å². The maximum Gasteiger partial charge on any atom is 0.220 e. The maximum absolute atomic E-state index is 11.8. The summed E-state index contributed by atoms with van der Waals surface area (Å²) in [5, 5.41) is 6.40. The number of benzene rings is 2. The Hall–Kier alpha value is -2.13. The first kappa shape index (κ1) is 17.2. The number of unbranched alkanes of at least 4 members (excludes halogenated alkanes) is 2. The molecule has 0 saturated heterocycles. The van der Waals surface area contributed by atoms with Crippen molar-refractivity contribution in [2.75, 3.05) is 6.54 Å². The Morgan fingerprint density at radius 2 is 1.35 bits per heavy atom. The van der Waals surface area contributed by atoms with Crippen LogP contribution in [0.25, 0.3) is 0 Å². The first-order chi connectivity index (χ1) is 11.3. The zero-order valence-electron chi connectivity index (χ0n) is 13.6. The summed E-state index contributed by atoms with van der Waals surface area (Å²) in [6.07, 6.45) is 3.76. The van der Waals surface area contributed by atoms with E-state index in [4.69, 9.17) is 0 Å². The average Bonchev–Trinajstić information content (AvgIpc) is 2.61. The van der Waals surface area contributed by atoms with Gasteiger partial charge in [-0.2, -0.15) is 0 Å². The van der Waals surface area contributed by atoms with E-state index in [1.807, 2.05) is 36.4 Å². The van der Waals surface area contributed by atoms with Crippen molar-refractivity contribution in [3.05, 3.63) is 71.8 Å². The molecule has 0 spiro atoms. The second kappa shape index (κ2) is 10.6. The van der Waals surface area contributed by atoms with E-state index in [0.717, 1.165) is 37.9 Å². The minimum absolute atomic E-state index is 0.145. The van der Waals surface area contributed by atoms with Crippen molar-refractivity contribution in [2.45, 2.75) is 38.8 Å². The zero-order valence-corrected chi connectivity index (χ0v) is 13.6. The Morgan fingerprint density at radius 1 is 0.739 bits per heavy atom. The van der Waals surface area contributed by atoms with Crippen molar-refractivity contribution in [1.82, 2.24) is 10.6 Å². The highest BCUT2D eigenvalue weighted by molar-refractivity contribution is 5.75. The first-order valence-corrected chi connectivity index (χ1v) is 8.40. The summed E-state index contributed by atoms with van der Waals surface area (Å²) in [5.41, 5.74) is 2.46. The number of carbonyl (C=O) groups is 1. The van der Waals surface area contributed by atoms with Crippen LogP contribution in [0.15, 0.2) is 60.7 Å². The Bertz CT molecular complexity index is 554. The molecule has 0 aliphatic carbocycles. The van der Waals surface area contributed by atoms with Crippen molar-refractivity contribution < 1.29 is 4.79 Å². The minimum atomic E-state index is 0.145. The molecular formula is C20H26N2O. The van der Waals surface area contributed by atoms with E-state index in [2.05, 4.69) is 34.9 Å². The summed E-state index contributed by atoms with van der Waals surface area (Å²) < 4.78 is 0. The number of hydrogen-bond acceptors (Lipinski definition) is 2. The second-order valence-electron chi connectivity index (χ2n) is 5.74. The fraction of sp³-hybridized carbons (Fsp3) is 0.350. The molecule has 1 amide bonds. The van der Waals surface area contributed by atoms with Crippen LogP contribution in [0.4, 0.5) is 0 Å². The summed E-state index contributed by atoms with van der Waals surface area (Å²) >= 11 is 0. The SMILES string of the molecule is O=C(CCCCCNCc1ccccc1)NCc1ccccc1. The molecule has 0 atom stereocenters. The molecule has 0 aliphatic heterocycles. The Morgan fingerprint density at radius 3 is 2.00 bits per heavy atom. The number of amides is 1. The fourth-order valence-electron chi connectivity index (χ4n) is 2.43. The van der Waals surface area contributed by atoms with Gasteiger partial charge in [-0.25, -0.2) is 0 Å². The van der Waals surface area contributed by atoms with Crippen molar-refractivity contribution >= 4 is 5.91 Å². The van der Waals surface area contributed by atoms with E-state index in [0.29, 0.717) is 13.0 Å². The number of nitrogens with one attached hydrogen (secondary N) is 2. The fourth-order valence-corrected chi connectivity index (χ4v) is 2.43. The normalized spacial score (nSPS) is 10.4. The lowest BCUT2D eigenvalue weighted by Gasteiger charge is -2.06. The lowest BCUT2D eigenvalue weighted by Crippen LogP contribution is -2.22. The van der Waals surface area contributed by atoms with Gasteiger partial charge < -0.3 is 10.6 Å². The molecule has 0 aromatic heterocycles. The van der Waals surface area contributed by atoms with E-state index in [-0.39, 0.29) is 5.91 Å². The first-order valence-electron chi connectivity index (χ1n) is 8.40. The summed E-state index contributed by atoms with van der Waals surface area (Å²) in [7, 11) is 0. The Labute approximate surface area is 139 Å². The van der Waals surface area contributed by atoms with E-state index in [1.165, 1.54) is 5.56 Å². The highest BCUT2D eigenvalue weighted by atomic mass is 16.1. The van der Waals surface area contributed by atoms with Crippen molar-refractivity contribution in [3.8, 4) is 0 Å². The van der Waals surface area contributed by atoms with Gasteiger partial charge in [0.1, 0.15) is 0 Å². The van der Waals surface area contributed by atoms with Gasteiger partial charge in [0, 0.05) is 19.5 Å². The monoisotopic (exact) mass is 310 g/mol. The van der Waals surface area contributed by atoms with E-state index >= 15 is 0 Å². The third-order valence-electron chi connectivity index (χ3n) is 3.76. The molecule has 3 nitrogen and oxygen atoms in total. The van der Waals surface area contributed by atoms with Gasteiger partial charge in [0.25, 0.3) is 0 Å². The molecule has 23 heavy (non-hydrogen) atoms. The largest absolute Gasteiger partial charge is 0.352 e. The highest BCUT2D eigenvalue weighted by Crippen LogP contribution is 2.02. The topological polar surface area (TPSA) is 41.1 Å². The maximum atomic E-state index is 11.8. The van der Waals surface area contributed by atoms with Crippen LogP contribution in [0.2, 0.25) is 0 Å². The summed E-state index contributed by atoms with van der Waals surface area (Å²) in [5.74, 6) is 0.145. The van der Waals surface area contributed by atoms with Gasteiger partial charge in [-0.3, -0.25) is 4.79 Å². The van der Waals surface area contributed by atoms with Crippen molar-refractivity contribution in [3.63, 3.8) is 0 Å². The molecule has 2 rings (SSSR count). The third-order valence-corrected chi connectivity index (χ3v) is 3.76. The van der Waals surface area contributed by atoms with Crippen LogP contribution in [0.3, 0.4) is 0 Å². The Balaban J connectivity index is 1.45. The molecule has 0 fully saturated rings. The molecule has 0 saturated carbocycles. The molecule has 0 unspecified atom stereocenters. The van der Waals surface area contributed by atoms with Gasteiger partial charge in [0.05, 0.1) is 0 Å². The predicted octanol–water partition coefficient (Wildman–Crippen LogP) is 3.65. The summed E-state index contributed by atoms with van der Waals surface area (Å²) in [4.78, 5) is 11.8. The third kappa shape index (κ3) is 7.61. The van der Waals surface area contributed by atoms with Gasteiger partial charge >= 0.3 is 0 Å². The minimum Gasteiger partial charge on any atom is -0.352 e. The number of carbonyl (C=O) groups excluding carboxylic acids is 1. The molecule has 0 aliphatic rings. The standard InChI is InChI=1S/C20H26N2O/c23-20(22-17-19-12-6-2-7-13-19)14-8-3-9-15-21-16-18-10-4-1-5-11-18/h1-2,4-7,10-13,21H,3,8-9,14-17H2,(H,22,23). The summed E-state index contributed by atoms with van der Waals surface area (Å²) in [6, 6.07) is 20.4. The lowest BCUT2D eigenvalue weighted by molar-refractivity contribution is -0.121. The molecular weight excluding hydrogens is 284 g/mol. The van der Waals surface area contributed by atoms with Gasteiger partial charge in [0.15, 0.2) is 0 Å². The molecule has 3 heteroatoms. The highest BCUT2D eigenvalue weighted by Gasteiger charge is 2.01. The van der Waals surface area contributed by atoms with E-state index < -0.39 is 0 Å². The van der Waals surface area contributed by atoms with Crippen LogP contribution >= 0.6 is 0 Å². The molecule has 0 bridgehead atoms. The molecule has 2 aromatic rings. The molecule has 2 aromatic carbocycles. The molecule has 0 heterocycles. The Kier molecular flexibility index (Phi) is 7.92. The van der Waals surface area contributed by atoms with E-state index in [9.17, 15) is 4.79 Å². The second-order valence-corrected chi connectivity index (χ2v) is 5.74. The summed E-state index contributed by atoms with van der Waals surface area (Å²) in [6.45, 7) is 2.54. The molecule has 2 N–H and O–H groups in total. The average molecular weight is 310 g/mol. The van der Waals surface area contributed by atoms with Crippen LogP contribution in [0.5, 0.6) is 0 Å². The smallest absolute Gasteiger partial charge is 0.220 e. The van der Waals surface area contributed by atoms with Crippen molar-refractivity contribution in [2.24, 2.45) is 0 Å². The van der Waals surface area contributed by atoms with Gasteiger partial charge in [-0.15, -0.1) is 0 Å². The zero-order chi connectivity index (χ0) is 16.2. The van der Waals surface area contributed by atoms with Crippen LogP contribution in [-0.4, -0.2) is 12.5 Å².